The molecule has 5 rings (SSSR count). The smallest absolute Gasteiger partial charge is 0.482 e. The van der Waals surface area contributed by atoms with Crippen LogP contribution >= 0.6 is 0 Å². The van der Waals surface area contributed by atoms with Crippen LogP contribution in [0.2, 0.25) is 0 Å². The zero-order valence-corrected chi connectivity index (χ0v) is 28.3. The van der Waals surface area contributed by atoms with Gasteiger partial charge in [0.2, 0.25) is 0 Å². The molecule has 8 atom stereocenters. The van der Waals surface area contributed by atoms with Gasteiger partial charge in [-0.2, -0.15) is 0 Å². The van der Waals surface area contributed by atoms with E-state index >= 15 is 0 Å². The summed E-state index contributed by atoms with van der Waals surface area (Å²) in [5, 5.41) is 24.9. The highest BCUT2D eigenvalue weighted by Gasteiger charge is 2.68. The van der Waals surface area contributed by atoms with E-state index in [-0.39, 0.29) is 42.1 Å². The number of esters is 1. The predicted octanol–water partition coefficient (Wildman–Crippen LogP) is 4.21. The molecule has 4 aliphatic rings. The first-order chi connectivity index (χ1) is 21.4. The number of hydrogen-bond acceptors (Lipinski definition) is 9. The summed E-state index contributed by atoms with van der Waals surface area (Å²) in [6, 6.07) is 3.32. The maximum Gasteiger partial charge on any atom is 0.491 e. The van der Waals surface area contributed by atoms with E-state index in [1.165, 1.54) is 0 Å². The number of amides is 1. The Balaban J connectivity index is 1.37. The second-order valence-corrected chi connectivity index (χ2v) is 15.5. The number of nitrogens with one attached hydrogen (secondary N) is 1. The van der Waals surface area contributed by atoms with Gasteiger partial charge >= 0.3 is 19.2 Å². The Morgan fingerprint density at radius 3 is 2.61 bits per heavy atom. The summed E-state index contributed by atoms with van der Waals surface area (Å²) in [6.45, 7) is 17.5. The van der Waals surface area contributed by atoms with Crippen molar-refractivity contribution in [1.29, 1.82) is 0 Å². The van der Waals surface area contributed by atoms with Crippen LogP contribution in [0.3, 0.4) is 0 Å². The molecule has 3 fully saturated rings. The maximum absolute atomic E-state index is 13.6. The Morgan fingerprint density at radius 2 is 1.93 bits per heavy atom. The van der Waals surface area contributed by atoms with Crippen molar-refractivity contribution < 1.29 is 43.4 Å². The number of aliphatic hydroxyl groups excluding tert-OH is 1. The van der Waals surface area contributed by atoms with Crippen LogP contribution in [0.4, 0.5) is 4.79 Å². The predicted molar refractivity (Wildman–Crippen MR) is 172 cm³/mol. The fourth-order valence-corrected chi connectivity index (χ4v) is 8.93. The molecule has 1 aromatic carbocycles. The summed E-state index contributed by atoms with van der Waals surface area (Å²) in [5.74, 6) is -0.418. The molecule has 1 aromatic rings. The lowest BCUT2D eigenvalue weighted by atomic mass is 9.44. The number of carbonyl (C=O) groups is 3. The number of rotatable bonds is 7. The Hall–Kier alpha value is -2.89. The number of carbonyl (C=O) groups excluding carboxylic acids is 3. The maximum atomic E-state index is 13.6. The lowest BCUT2D eigenvalue weighted by Crippen LogP contribution is -2.63. The van der Waals surface area contributed by atoms with Gasteiger partial charge in [-0.1, -0.05) is 33.8 Å². The first-order valence-corrected chi connectivity index (χ1v) is 16.5. The molecule has 1 amide bonds. The third-order valence-electron chi connectivity index (χ3n) is 11.8. The molecule has 0 saturated heterocycles. The van der Waals surface area contributed by atoms with Crippen molar-refractivity contribution in [2.24, 2.45) is 34.0 Å². The fraction of sp³-hybridized carbons (Fsp3) is 0.686. The molecule has 3 aliphatic carbocycles. The molecule has 252 valence electrons. The summed E-state index contributed by atoms with van der Waals surface area (Å²) in [4.78, 5) is 39.5. The van der Waals surface area contributed by atoms with Gasteiger partial charge < -0.3 is 34.3 Å². The number of aliphatic hydroxyl groups is 1. The molecule has 0 unspecified atom stereocenters. The second kappa shape index (κ2) is 12.3. The van der Waals surface area contributed by atoms with E-state index in [0.717, 1.165) is 24.8 Å². The average molecular weight is 640 g/mol. The largest absolute Gasteiger partial charge is 0.491 e. The van der Waals surface area contributed by atoms with Gasteiger partial charge in [-0.3, -0.25) is 4.79 Å². The molecule has 1 aliphatic heterocycles. The molecule has 3 saturated carbocycles. The van der Waals surface area contributed by atoms with Gasteiger partial charge in [0.25, 0.3) is 0 Å². The number of ether oxygens (including phenoxy) is 3. The van der Waals surface area contributed by atoms with Crippen molar-refractivity contribution in [3.63, 3.8) is 0 Å². The van der Waals surface area contributed by atoms with Crippen LogP contribution in [0.15, 0.2) is 24.8 Å². The van der Waals surface area contributed by atoms with E-state index in [1.807, 2.05) is 6.92 Å². The normalized spacial score (nSPS) is 35.4. The first-order valence-electron chi connectivity index (χ1n) is 16.5. The van der Waals surface area contributed by atoms with E-state index in [9.17, 15) is 24.5 Å². The SMILES string of the molecule is C=C[C@]1(C)C[C@@H](OC(=O)COc2cc(CNC(=O)OC(C)(C)C)c3c(c2)B(O)OC3)[C@]2(C)[C@H](C)CC[C@]3(CCC(=O)[C@H]32)[C@@H](C)[C@@H]1O. The second-order valence-electron chi connectivity index (χ2n) is 15.5. The quantitative estimate of drug-likeness (QED) is 0.227. The highest BCUT2D eigenvalue weighted by molar-refractivity contribution is 6.61. The minimum absolute atomic E-state index is 0.103. The summed E-state index contributed by atoms with van der Waals surface area (Å²) in [6.07, 6.45) is 3.05. The first kappa shape index (κ1) is 34.4. The number of fused-ring (bicyclic) bond motifs is 1. The fourth-order valence-electron chi connectivity index (χ4n) is 8.93. The average Bonchev–Trinajstić information content (AvgIpc) is 3.54. The third kappa shape index (κ3) is 5.99. The Bertz CT molecular complexity index is 1390. The van der Waals surface area contributed by atoms with Crippen molar-refractivity contribution in [2.45, 2.75) is 112 Å². The molecule has 11 heteroatoms. The van der Waals surface area contributed by atoms with Crippen LogP contribution in [0, 0.1) is 34.0 Å². The number of alkyl carbamates (subject to hydrolysis) is 1. The number of Topliss-reactive ketones (excluding diaryl/α,β-unsaturated/α-hetero) is 1. The molecule has 3 N–H and O–H groups in total. The van der Waals surface area contributed by atoms with Gasteiger partial charge in [0.05, 0.1) is 12.7 Å². The molecule has 1 heterocycles. The van der Waals surface area contributed by atoms with Crippen LogP contribution in [0.1, 0.15) is 91.7 Å². The molecule has 46 heavy (non-hydrogen) atoms. The van der Waals surface area contributed by atoms with E-state index in [0.29, 0.717) is 29.6 Å². The molecular formula is C35H50BNO9. The Labute approximate surface area is 272 Å². The molecule has 0 spiro atoms. The van der Waals surface area contributed by atoms with Crippen molar-refractivity contribution in [1.82, 2.24) is 5.32 Å². The Morgan fingerprint density at radius 1 is 1.22 bits per heavy atom. The monoisotopic (exact) mass is 639 g/mol. The van der Waals surface area contributed by atoms with Crippen molar-refractivity contribution >= 4 is 30.4 Å². The van der Waals surface area contributed by atoms with Gasteiger partial charge in [0.15, 0.2) is 6.61 Å². The summed E-state index contributed by atoms with van der Waals surface area (Å²) < 4.78 is 23.0. The molecule has 2 bridgehead atoms. The van der Waals surface area contributed by atoms with Crippen LogP contribution in [0.25, 0.3) is 0 Å². The Kier molecular flexibility index (Phi) is 9.20. The van der Waals surface area contributed by atoms with Crippen LogP contribution in [0.5, 0.6) is 5.75 Å². The minimum Gasteiger partial charge on any atom is -0.482 e. The highest BCUT2D eigenvalue weighted by atomic mass is 16.6. The van der Waals surface area contributed by atoms with Crippen LogP contribution in [-0.2, 0) is 36.9 Å². The van der Waals surface area contributed by atoms with E-state index in [4.69, 9.17) is 18.9 Å². The number of benzene rings is 1. The van der Waals surface area contributed by atoms with E-state index in [2.05, 4.69) is 32.7 Å². The minimum atomic E-state index is -1.16. The lowest BCUT2D eigenvalue weighted by Gasteiger charge is -2.61. The summed E-state index contributed by atoms with van der Waals surface area (Å²) in [5.41, 5.74) is -0.501. The van der Waals surface area contributed by atoms with E-state index < -0.39 is 54.4 Å². The molecule has 10 nitrogen and oxygen atoms in total. The number of ketones is 1. The van der Waals surface area contributed by atoms with Gasteiger partial charge in [-0.05, 0) is 92.4 Å². The van der Waals surface area contributed by atoms with Gasteiger partial charge in [-0.25, -0.2) is 9.59 Å². The number of hydrogen-bond donors (Lipinski definition) is 3. The van der Waals surface area contributed by atoms with Gasteiger partial charge in [0, 0.05) is 29.7 Å². The third-order valence-corrected chi connectivity index (χ3v) is 11.8. The zero-order valence-electron chi connectivity index (χ0n) is 28.3. The van der Waals surface area contributed by atoms with Gasteiger partial charge in [-0.15, -0.1) is 6.58 Å². The molecular weight excluding hydrogens is 589 g/mol. The topological polar surface area (TPSA) is 141 Å². The van der Waals surface area contributed by atoms with Crippen LogP contribution < -0.4 is 15.5 Å². The van der Waals surface area contributed by atoms with Crippen molar-refractivity contribution in [3.05, 3.63) is 35.9 Å². The molecule has 0 aromatic heterocycles. The van der Waals surface area contributed by atoms with Crippen molar-refractivity contribution in [2.75, 3.05) is 6.61 Å². The summed E-state index contributed by atoms with van der Waals surface area (Å²) >= 11 is 0. The van der Waals surface area contributed by atoms with E-state index in [1.54, 1.807) is 39.0 Å². The zero-order chi connectivity index (χ0) is 33.8. The van der Waals surface area contributed by atoms with Gasteiger partial charge in [0.1, 0.15) is 23.2 Å². The van der Waals surface area contributed by atoms with Crippen molar-refractivity contribution in [3.8, 4) is 5.75 Å². The lowest BCUT2D eigenvalue weighted by molar-refractivity contribution is -0.207. The standard InChI is InChI=1S/C35H50BNO9/c1-9-33(7)16-27(34(8)20(2)10-12-35(21(3)30(33)40)13-11-26(38)29(34)35)45-28(39)19-43-23-14-22(17-37-31(41)46-32(4,5)6)24-18-44-36(42)25(24)15-23/h9,14-15,20-21,27,29-30,40,42H,1,10-13,16-19H2,2-8H3,(H,37,41)/t20-,21+,27-,29+,30+,33-,34+,35+/m1/s1. The summed E-state index contributed by atoms with van der Waals surface area (Å²) in [7, 11) is -1.16. The highest BCUT2D eigenvalue weighted by Crippen LogP contribution is 2.68. The molecule has 0 radical (unpaired) electrons. The van der Waals surface area contributed by atoms with Crippen LogP contribution in [-0.4, -0.2) is 59.5 Å².